The zero-order chi connectivity index (χ0) is 22.5. The summed E-state index contributed by atoms with van der Waals surface area (Å²) in [4.78, 5) is 4.85. The molecule has 1 aromatic heterocycles. The molecule has 0 aliphatic carbocycles. The van der Waals surface area contributed by atoms with E-state index in [0.29, 0.717) is 11.4 Å². The van der Waals surface area contributed by atoms with E-state index in [4.69, 9.17) is 9.72 Å². The summed E-state index contributed by atoms with van der Waals surface area (Å²) >= 11 is 3.49. The first-order valence-corrected chi connectivity index (χ1v) is 11.1. The highest BCUT2D eigenvalue weighted by atomic mass is 79.9. The number of hydrogen-bond donors (Lipinski definition) is 1. The first-order valence-electron chi connectivity index (χ1n) is 10.3. The molecule has 0 aliphatic heterocycles. The Morgan fingerprint density at radius 3 is 2.22 bits per heavy atom. The van der Waals surface area contributed by atoms with E-state index in [0.717, 1.165) is 38.2 Å². The molecule has 0 radical (unpaired) electrons. The Bertz CT molecular complexity index is 1250. The molecule has 0 saturated heterocycles. The lowest BCUT2D eigenvalue weighted by molar-refractivity contribution is 0.415. The van der Waals surface area contributed by atoms with Crippen molar-refractivity contribution < 1.29 is 4.74 Å². The molecule has 32 heavy (non-hydrogen) atoms. The highest BCUT2D eigenvalue weighted by molar-refractivity contribution is 9.10. The summed E-state index contributed by atoms with van der Waals surface area (Å²) in [6, 6.07) is 30.2. The molecular formula is C27H22BrN3O. The predicted molar refractivity (Wildman–Crippen MR) is 133 cm³/mol. The number of halogens is 1. The Labute approximate surface area is 196 Å². The Balaban J connectivity index is 1.85. The molecule has 0 amide bonds. The van der Waals surface area contributed by atoms with Gasteiger partial charge in [0.15, 0.2) is 0 Å². The van der Waals surface area contributed by atoms with Crippen molar-refractivity contribution in [3.05, 3.63) is 101 Å². The van der Waals surface area contributed by atoms with Gasteiger partial charge in [0.25, 0.3) is 0 Å². The minimum atomic E-state index is -0.0142. The van der Waals surface area contributed by atoms with Crippen LogP contribution < -0.4 is 10.1 Å². The molecule has 0 spiro atoms. The van der Waals surface area contributed by atoms with E-state index in [2.05, 4.69) is 46.4 Å². The maximum atomic E-state index is 10.1. The number of ether oxygens (including phenoxy) is 1. The molecule has 3 aromatic carbocycles. The van der Waals surface area contributed by atoms with Crippen LogP contribution in [0.4, 0.5) is 5.82 Å². The number of methoxy groups -OCH3 is 1. The van der Waals surface area contributed by atoms with E-state index in [9.17, 15) is 5.26 Å². The summed E-state index contributed by atoms with van der Waals surface area (Å²) in [5.74, 6) is 1.35. The molecule has 0 bridgehead atoms. The van der Waals surface area contributed by atoms with Crippen molar-refractivity contribution >= 4 is 21.7 Å². The van der Waals surface area contributed by atoms with Gasteiger partial charge in [0, 0.05) is 21.6 Å². The number of pyridine rings is 1. The van der Waals surface area contributed by atoms with Crippen molar-refractivity contribution in [2.45, 2.75) is 13.0 Å². The van der Waals surface area contributed by atoms with Crippen LogP contribution >= 0.6 is 15.9 Å². The van der Waals surface area contributed by atoms with Gasteiger partial charge in [0.2, 0.25) is 0 Å². The standard InChI is InChI=1S/C27H22BrN3O/c1-18(19-6-4-3-5-7-19)30-27-25(17-29)24(20-8-12-22(28)13-9-20)16-26(31-27)21-10-14-23(32-2)15-11-21/h3-16,18H,1-2H3,(H,30,31)/t18-/m0/s1. The second kappa shape index (κ2) is 9.67. The van der Waals surface area contributed by atoms with Crippen molar-refractivity contribution in [2.75, 3.05) is 12.4 Å². The maximum Gasteiger partial charge on any atom is 0.145 e. The van der Waals surface area contributed by atoms with Gasteiger partial charge >= 0.3 is 0 Å². The molecule has 1 N–H and O–H groups in total. The number of rotatable bonds is 6. The maximum absolute atomic E-state index is 10.1. The van der Waals surface area contributed by atoms with E-state index in [1.165, 1.54) is 0 Å². The fourth-order valence-corrected chi connectivity index (χ4v) is 3.82. The van der Waals surface area contributed by atoms with Gasteiger partial charge in [-0.25, -0.2) is 4.98 Å². The van der Waals surface area contributed by atoms with Crippen LogP contribution in [-0.2, 0) is 0 Å². The van der Waals surface area contributed by atoms with Crippen molar-refractivity contribution in [1.29, 1.82) is 5.26 Å². The third kappa shape index (κ3) is 4.66. The molecule has 158 valence electrons. The lowest BCUT2D eigenvalue weighted by atomic mass is 9.98. The van der Waals surface area contributed by atoms with Crippen LogP contribution in [0, 0.1) is 11.3 Å². The molecule has 0 saturated carbocycles. The number of nitriles is 1. The minimum absolute atomic E-state index is 0.0142. The Morgan fingerprint density at radius 1 is 0.938 bits per heavy atom. The average Bonchev–Trinajstić information content (AvgIpc) is 2.84. The van der Waals surface area contributed by atoms with Gasteiger partial charge in [0.1, 0.15) is 23.2 Å². The summed E-state index contributed by atoms with van der Waals surface area (Å²) in [5.41, 5.74) is 5.17. The molecule has 0 fully saturated rings. The Kier molecular flexibility index (Phi) is 6.53. The van der Waals surface area contributed by atoms with E-state index in [1.807, 2.05) is 72.8 Å². The summed E-state index contributed by atoms with van der Waals surface area (Å²) in [6.45, 7) is 2.07. The topological polar surface area (TPSA) is 57.9 Å². The molecule has 0 aliphatic rings. The third-order valence-corrected chi connectivity index (χ3v) is 5.85. The molecule has 1 heterocycles. The summed E-state index contributed by atoms with van der Waals surface area (Å²) in [7, 11) is 1.65. The van der Waals surface area contributed by atoms with Gasteiger partial charge in [-0.1, -0.05) is 58.4 Å². The molecule has 5 heteroatoms. The predicted octanol–water partition coefficient (Wildman–Crippen LogP) is 7.23. The van der Waals surface area contributed by atoms with Crippen molar-refractivity contribution in [1.82, 2.24) is 4.98 Å². The van der Waals surface area contributed by atoms with Crippen LogP contribution in [0.1, 0.15) is 24.1 Å². The summed E-state index contributed by atoms with van der Waals surface area (Å²) in [5, 5.41) is 13.5. The van der Waals surface area contributed by atoms with Gasteiger partial charge in [-0.05, 0) is 60.5 Å². The average molecular weight is 484 g/mol. The normalized spacial score (nSPS) is 11.4. The van der Waals surface area contributed by atoms with Crippen molar-refractivity contribution in [3.63, 3.8) is 0 Å². The summed E-state index contributed by atoms with van der Waals surface area (Å²) in [6.07, 6.45) is 0. The second-order valence-electron chi connectivity index (χ2n) is 7.40. The molecule has 0 unspecified atom stereocenters. The molecule has 4 rings (SSSR count). The molecule has 4 aromatic rings. The molecule has 1 atom stereocenters. The van der Waals surface area contributed by atoms with Crippen LogP contribution in [0.2, 0.25) is 0 Å². The highest BCUT2D eigenvalue weighted by Gasteiger charge is 2.17. The van der Waals surface area contributed by atoms with E-state index < -0.39 is 0 Å². The molecule has 4 nitrogen and oxygen atoms in total. The lowest BCUT2D eigenvalue weighted by Gasteiger charge is -2.19. The van der Waals surface area contributed by atoms with Crippen LogP contribution in [0.25, 0.3) is 22.4 Å². The summed E-state index contributed by atoms with van der Waals surface area (Å²) < 4.78 is 6.28. The van der Waals surface area contributed by atoms with Gasteiger partial charge in [-0.2, -0.15) is 5.26 Å². The zero-order valence-corrected chi connectivity index (χ0v) is 19.4. The third-order valence-electron chi connectivity index (χ3n) is 5.33. The Morgan fingerprint density at radius 2 is 1.59 bits per heavy atom. The SMILES string of the molecule is COc1ccc(-c2cc(-c3ccc(Br)cc3)c(C#N)c(N[C@@H](C)c3ccccc3)n2)cc1. The van der Waals surface area contributed by atoms with E-state index >= 15 is 0 Å². The second-order valence-corrected chi connectivity index (χ2v) is 8.32. The number of nitrogens with zero attached hydrogens (tertiary/aromatic N) is 2. The molecular weight excluding hydrogens is 462 g/mol. The monoisotopic (exact) mass is 483 g/mol. The highest BCUT2D eigenvalue weighted by Crippen LogP contribution is 2.34. The number of hydrogen-bond acceptors (Lipinski definition) is 4. The smallest absolute Gasteiger partial charge is 0.145 e. The fourth-order valence-electron chi connectivity index (χ4n) is 3.56. The van der Waals surface area contributed by atoms with Crippen molar-refractivity contribution in [3.8, 4) is 34.2 Å². The minimum Gasteiger partial charge on any atom is -0.497 e. The largest absolute Gasteiger partial charge is 0.497 e. The first kappa shape index (κ1) is 21.6. The first-order chi connectivity index (χ1) is 15.6. The van der Waals surface area contributed by atoms with Crippen molar-refractivity contribution in [2.24, 2.45) is 0 Å². The van der Waals surface area contributed by atoms with Crippen LogP contribution in [-0.4, -0.2) is 12.1 Å². The van der Waals surface area contributed by atoms with Gasteiger partial charge in [-0.3, -0.25) is 0 Å². The quantitative estimate of drug-likeness (QED) is 0.314. The van der Waals surface area contributed by atoms with E-state index in [1.54, 1.807) is 7.11 Å². The van der Waals surface area contributed by atoms with E-state index in [-0.39, 0.29) is 6.04 Å². The van der Waals surface area contributed by atoms with Crippen LogP contribution in [0.15, 0.2) is 89.4 Å². The lowest BCUT2D eigenvalue weighted by Crippen LogP contribution is -2.10. The number of benzene rings is 3. The van der Waals surface area contributed by atoms with Crippen LogP contribution in [0.5, 0.6) is 5.75 Å². The van der Waals surface area contributed by atoms with Gasteiger partial charge < -0.3 is 10.1 Å². The van der Waals surface area contributed by atoms with Gasteiger partial charge in [0.05, 0.1) is 12.8 Å². The van der Waals surface area contributed by atoms with Gasteiger partial charge in [-0.15, -0.1) is 0 Å². The number of nitrogens with one attached hydrogen (secondary N) is 1. The Hall–Kier alpha value is -3.62. The fraction of sp³-hybridized carbons (Fsp3) is 0.111. The number of aromatic nitrogens is 1. The number of anilines is 1. The van der Waals surface area contributed by atoms with Crippen LogP contribution in [0.3, 0.4) is 0 Å². The zero-order valence-electron chi connectivity index (χ0n) is 17.8.